The van der Waals surface area contributed by atoms with E-state index in [2.05, 4.69) is 273 Å². The third-order valence-corrected chi connectivity index (χ3v) is 22.1. The van der Waals surface area contributed by atoms with Crippen LogP contribution in [0.25, 0.3) is 0 Å². The van der Waals surface area contributed by atoms with Gasteiger partial charge in [-0.25, -0.2) is 0 Å². The maximum absolute atomic E-state index is 5.83. The molecule has 4 atom stereocenters. The standard InChI is InChI=1S/C14H28O.C13H26O.C13H20.2C12H24O.C11H24.C10H22/c1-9(2)14(10(3)4)13-7-11(5)15-12(6)8-13;1-10(2)12(11(3)4)13(5)6-8-14-9-7-13;1-10(2)13(11(3)4)12-8-6-5-7-9-12;1-9(2)12(10(3)4)11-5-7-13-8-6-11;1-9(2)12(10(3)4)11-6-5-7-13-8-11;1-7-10(6)11(8(2)3)9(4)5;1-7(2)10(8(3)4)9(5)6/h9-14H,7-8H2,1-6H3;10-12H,6-9H2,1-5H3;5-11,13H,1-4H3;2*9-12H,5-8H2,1-4H3;8-11H,7H2,1-6H3;7-10H,1-6H3. The van der Waals surface area contributed by atoms with Gasteiger partial charge < -0.3 is 18.9 Å². The van der Waals surface area contributed by atoms with Gasteiger partial charge in [-0.15, -0.1) is 0 Å². The average molecular weight is 1250 g/mol. The SMILES string of the molecule is CC(C)C(C(C)C)C(C)C.CC(C)C(C(C)C)C1(C)CCOCC1.CC(C)C(C(C)C)C1CCCOC1.CC(C)C(C(C)C)C1CCOCC1.CC(C)C(c1ccccc1)C(C)C.CC1CC(C(C(C)C)C(C)C)CC(C)O1.CCC(C)C(C(C)C)C(C)C. The fraction of sp³-hybridized carbons (Fsp3) is 0.929. The molecule has 4 heteroatoms. The van der Waals surface area contributed by atoms with Crippen molar-refractivity contribution in [3.8, 4) is 0 Å². The van der Waals surface area contributed by atoms with Gasteiger partial charge >= 0.3 is 0 Å². The van der Waals surface area contributed by atoms with Crippen molar-refractivity contribution in [2.45, 2.75) is 318 Å². The van der Waals surface area contributed by atoms with Gasteiger partial charge in [0.05, 0.1) is 12.2 Å². The Bertz CT molecular complexity index is 1620. The lowest BCUT2D eigenvalue weighted by Gasteiger charge is -2.45. The predicted octanol–water partition coefficient (Wildman–Crippen LogP) is 26.1. The van der Waals surface area contributed by atoms with Crippen LogP contribution in [0.4, 0.5) is 0 Å². The van der Waals surface area contributed by atoms with E-state index < -0.39 is 0 Å². The molecular formula is C85H168O4. The van der Waals surface area contributed by atoms with Gasteiger partial charge in [0.2, 0.25) is 0 Å². The summed E-state index contributed by atoms with van der Waals surface area (Å²) in [6, 6.07) is 10.8. The van der Waals surface area contributed by atoms with Crippen molar-refractivity contribution in [3.63, 3.8) is 0 Å². The number of hydrogen-bond donors (Lipinski definition) is 0. The minimum atomic E-state index is 0.457. The second-order valence-electron chi connectivity index (χ2n) is 35.1. The number of ether oxygens (including phenoxy) is 4. The van der Waals surface area contributed by atoms with Crippen LogP contribution in [-0.2, 0) is 18.9 Å². The van der Waals surface area contributed by atoms with Crippen molar-refractivity contribution in [1.82, 2.24) is 0 Å². The quantitative estimate of drug-likeness (QED) is 0.116. The van der Waals surface area contributed by atoms with Crippen LogP contribution < -0.4 is 0 Å². The molecule has 4 aliphatic rings. The van der Waals surface area contributed by atoms with Gasteiger partial charge in [0.1, 0.15) is 0 Å². The second-order valence-corrected chi connectivity index (χ2v) is 35.1. The molecule has 0 aromatic heterocycles. The van der Waals surface area contributed by atoms with Crippen LogP contribution in [0, 0.1) is 153 Å². The van der Waals surface area contributed by atoms with E-state index in [0.717, 1.165) is 188 Å². The third-order valence-electron chi connectivity index (χ3n) is 22.1. The minimum Gasteiger partial charge on any atom is -0.381 e. The lowest BCUT2D eigenvalue weighted by molar-refractivity contribution is -0.0728. The van der Waals surface area contributed by atoms with Crippen molar-refractivity contribution in [1.29, 1.82) is 0 Å². The first kappa shape index (κ1) is 90.1. The monoisotopic (exact) mass is 1250 g/mol. The van der Waals surface area contributed by atoms with Crippen molar-refractivity contribution < 1.29 is 18.9 Å². The van der Waals surface area contributed by atoms with Crippen molar-refractivity contribution in [2.75, 3.05) is 39.6 Å². The largest absolute Gasteiger partial charge is 0.381 e. The van der Waals surface area contributed by atoms with E-state index in [0.29, 0.717) is 23.5 Å². The highest BCUT2D eigenvalue weighted by atomic mass is 16.5. The van der Waals surface area contributed by atoms with Crippen LogP contribution in [-0.4, -0.2) is 51.8 Å². The Morgan fingerprint density at radius 3 is 1.03 bits per heavy atom. The van der Waals surface area contributed by atoms with E-state index in [9.17, 15) is 0 Å². The number of rotatable bonds is 22. The van der Waals surface area contributed by atoms with Crippen LogP contribution in [0.3, 0.4) is 0 Å². The van der Waals surface area contributed by atoms with Crippen LogP contribution in [0.2, 0.25) is 0 Å². The van der Waals surface area contributed by atoms with E-state index >= 15 is 0 Å². The molecule has 0 bridgehead atoms. The van der Waals surface area contributed by atoms with Crippen LogP contribution in [0.1, 0.15) is 312 Å². The zero-order chi connectivity index (χ0) is 69.2. The lowest BCUT2D eigenvalue weighted by Crippen LogP contribution is -2.39. The molecule has 0 radical (unpaired) electrons. The van der Waals surface area contributed by atoms with Gasteiger partial charge in [-0.3, -0.25) is 0 Å². The van der Waals surface area contributed by atoms with Crippen LogP contribution >= 0.6 is 0 Å². The zero-order valence-electron chi connectivity index (χ0n) is 67.3. The maximum Gasteiger partial charge on any atom is 0.0553 e. The summed E-state index contributed by atoms with van der Waals surface area (Å²) in [5, 5.41) is 0. The Balaban J connectivity index is 0. The van der Waals surface area contributed by atoms with Gasteiger partial charge in [0, 0.05) is 39.6 Å². The van der Waals surface area contributed by atoms with Crippen molar-refractivity contribution in [2.24, 2.45) is 153 Å². The molecule has 532 valence electrons. The molecule has 0 aliphatic carbocycles. The summed E-state index contributed by atoms with van der Waals surface area (Å²) in [5.74, 6) is 21.4. The molecule has 4 fully saturated rings. The highest BCUT2D eigenvalue weighted by Gasteiger charge is 2.39. The van der Waals surface area contributed by atoms with Crippen LogP contribution in [0.5, 0.6) is 0 Å². The predicted molar refractivity (Wildman–Crippen MR) is 400 cm³/mol. The van der Waals surface area contributed by atoms with Gasteiger partial charge in [-0.1, -0.05) is 265 Å². The molecule has 4 saturated heterocycles. The fourth-order valence-corrected chi connectivity index (χ4v) is 19.9. The molecule has 89 heavy (non-hydrogen) atoms. The summed E-state index contributed by atoms with van der Waals surface area (Å²) in [5.41, 5.74) is 1.99. The van der Waals surface area contributed by atoms with E-state index in [-0.39, 0.29) is 0 Å². The normalized spacial score (nSPS) is 20.6. The Morgan fingerprint density at radius 1 is 0.382 bits per heavy atom. The summed E-state index contributed by atoms with van der Waals surface area (Å²) in [7, 11) is 0. The highest BCUT2D eigenvalue weighted by Crippen LogP contribution is 2.46. The smallest absolute Gasteiger partial charge is 0.0553 e. The molecule has 0 N–H and O–H groups in total. The van der Waals surface area contributed by atoms with E-state index in [1.54, 1.807) is 0 Å². The summed E-state index contributed by atoms with van der Waals surface area (Å²) >= 11 is 0. The minimum absolute atomic E-state index is 0.457. The number of hydrogen-bond acceptors (Lipinski definition) is 4. The second kappa shape index (κ2) is 47.9. The summed E-state index contributed by atoms with van der Waals surface area (Å²) in [4.78, 5) is 0. The topological polar surface area (TPSA) is 36.9 Å². The first-order valence-corrected chi connectivity index (χ1v) is 38.7. The zero-order valence-corrected chi connectivity index (χ0v) is 67.3. The Labute approximate surface area is 563 Å². The molecule has 1 aromatic carbocycles. The van der Waals surface area contributed by atoms with E-state index in [4.69, 9.17) is 18.9 Å². The molecule has 4 unspecified atom stereocenters. The first-order chi connectivity index (χ1) is 41.2. The Morgan fingerprint density at radius 2 is 0.742 bits per heavy atom. The summed E-state index contributed by atoms with van der Waals surface area (Å²) in [6.45, 7) is 87.8. The average Bonchev–Trinajstić information content (AvgIpc) is 2.87. The van der Waals surface area contributed by atoms with Gasteiger partial charge in [-0.2, -0.15) is 0 Å². The number of benzene rings is 1. The Hall–Kier alpha value is -0.940. The molecule has 4 aliphatic heterocycles. The van der Waals surface area contributed by atoms with Gasteiger partial charge in [-0.05, 0) is 230 Å². The fourth-order valence-electron chi connectivity index (χ4n) is 19.9. The van der Waals surface area contributed by atoms with Gasteiger partial charge in [0.25, 0.3) is 0 Å². The molecule has 5 rings (SSSR count). The summed E-state index contributed by atoms with van der Waals surface area (Å²) in [6.07, 6.45) is 12.4. The van der Waals surface area contributed by atoms with E-state index in [1.165, 1.54) is 63.4 Å². The summed E-state index contributed by atoms with van der Waals surface area (Å²) < 4.78 is 22.3. The molecular weight excluding hydrogens is 1080 g/mol. The maximum atomic E-state index is 5.83. The molecule has 0 saturated carbocycles. The van der Waals surface area contributed by atoms with Crippen molar-refractivity contribution in [3.05, 3.63) is 35.9 Å². The third kappa shape index (κ3) is 35.6. The highest BCUT2D eigenvalue weighted by molar-refractivity contribution is 5.20. The first-order valence-electron chi connectivity index (χ1n) is 38.7. The molecule has 1 aromatic rings. The van der Waals surface area contributed by atoms with Crippen molar-refractivity contribution >= 4 is 0 Å². The Kier molecular flexibility index (Phi) is 48.5. The molecule has 0 amide bonds. The van der Waals surface area contributed by atoms with Gasteiger partial charge in [0.15, 0.2) is 0 Å². The molecule has 0 spiro atoms. The van der Waals surface area contributed by atoms with Crippen LogP contribution in [0.15, 0.2) is 30.3 Å². The molecule has 4 heterocycles. The lowest BCUT2D eigenvalue weighted by atomic mass is 9.63. The van der Waals surface area contributed by atoms with E-state index in [1.807, 2.05) is 0 Å². The molecule has 4 nitrogen and oxygen atoms in total.